The van der Waals surface area contributed by atoms with Crippen LogP contribution >= 0.6 is 12.2 Å². The largest absolute Gasteiger partial charge is 0.467 e. The average Bonchev–Trinajstić information content (AvgIpc) is 3.29. The number of nitrogens with one attached hydrogen (secondary N) is 1. The number of rotatable bonds is 4. The fourth-order valence-electron chi connectivity index (χ4n) is 3.22. The number of oxazole rings is 1. The Morgan fingerprint density at radius 1 is 1.42 bits per heavy atom. The number of aromatic nitrogens is 1. The monoisotopic (exact) mass is 374 g/mol. The van der Waals surface area contributed by atoms with Gasteiger partial charge in [-0.25, -0.2) is 0 Å². The molecule has 0 spiro atoms. The molecule has 7 nitrogen and oxygen atoms in total. The van der Waals surface area contributed by atoms with Crippen molar-refractivity contribution >= 4 is 29.2 Å². The summed E-state index contributed by atoms with van der Waals surface area (Å²) in [6.45, 7) is 1.30. The Kier molecular flexibility index (Phi) is 4.62. The molecule has 1 aromatic carbocycles. The first-order chi connectivity index (χ1) is 12.6. The van der Waals surface area contributed by atoms with E-state index in [1.807, 2.05) is 0 Å². The van der Waals surface area contributed by atoms with Crippen molar-refractivity contribution in [1.29, 1.82) is 0 Å². The Balaban J connectivity index is 1.56. The lowest BCUT2D eigenvalue weighted by atomic mass is 10.0. The van der Waals surface area contributed by atoms with E-state index in [2.05, 4.69) is 4.98 Å². The number of hydrogen-bond donors (Lipinski definition) is 2. The minimum atomic E-state index is -0.795. The van der Waals surface area contributed by atoms with E-state index in [4.69, 9.17) is 25.8 Å². The van der Waals surface area contributed by atoms with Crippen LogP contribution in [0.15, 0.2) is 45.4 Å². The van der Waals surface area contributed by atoms with Gasteiger partial charge in [0, 0.05) is 18.5 Å². The van der Waals surface area contributed by atoms with Crippen LogP contribution in [0.25, 0.3) is 11.1 Å². The molecule has 4 rings (SSSR count). The number of furan rings is 1. The zero-order valence-electron chi connectivity index (χ0n) is 13.9. The molecule has 0 unspecified atom stereocenters. The summed E-state index contributed by atoms with van der Waals surface area (Å²) in [5.74, 6) is 0.350. The third-order valence-electron chi connectivity index (χ3n) is 4.52. The molecule has 2 atom stereocenters. The number of H-pyrrole nitrogens is 1. The number of ether oxygens (including phenoxy) is 1. The minimum absolute atomic E-state index is 0.130. The first-order valence-corrected chi connectivity index (χ1v) is 8.75. The highest BCUT2D eigenvalue weighted by Gasteiger charge is 2.31. The third kappa shape index (κ3) is 3.31. The molecule has 8 heteroatoms. The van der Waals surface area contributed by atoms with Crippen LogP contribution in [0.4, 0.5) is 0 Å². The van der Waals surface area contributed by atoms with E-state index in [-0.39, 0.29) is 16.8 Å². The molecule has 0 saturated carbocycles. The van der Waals surface area contributed by atoms with Gasteiger partial charge >= 0.3 is 0 Å². The van der Waals surface area contributed by atoms with Crippen molar-refractivity contribution < 1.29 is 23.5 Å². The van der Waals surface area contributed by atoms with E-state index in [0.29, 0.717) is 43.1 Å². The van der Waals surface area contributed by atoms with Gasteiger partial charge in [-0.15, -0.1) is 0 Å². The van der Waals surface area contributed by atoms with Gasteiger partial charge in [0.05, 0.1) is 31.0 Å². The molecule has 1 amide bonds. The number of aliphatic hydroxyl groups is 1. The highest BCUT2D eigenvalue weighted by atomic mass is 32.1. The van der Waals surface area contributed by atoms with Crippen molar-refractivity contribution in [2.75, 3.05) is 19.8 Å². The number of carbonyl (C=O) groups excluding carboxylic acids is 1. The van der Waals surface area contributed by atoms with E-state index in [0.717, 1.165) is 5.52 Å². The Hall–Kier alpha value is -2.42. The minimum Gasteiger partial charge on any atom is -0.467 e. The number of fused-ring (bicyclic) bond motifs is 1. The van der Waals surface area contributed by atoms with Crippen molar-refractivity contribution in [2.24, 2.45) is 0 Å². The average molecular weight is 374 g/mol. The molecule has 2 N–H and O–H groups in total. The molecule has 0 radical (unpaired) electrons. The number of nitrogens with zero attached hydrogens (tertiary/aromatic N) is 1. The van der Waals surface area contributed by atoms with Gasteiger partial charge in [-0.3, -0.25) is 4.79 Å². The molecule has 26 heavy (non-hydrogen) atoms. The summed E-state index contributed by atoms with van der Waals surface area (Å²) in [6, 6.07) is 8.38. The first-order valence-electron chi connectivity index (χ1n) is 8.35. The van der Waals surface area contributed by atoms with Crippen LogP contribution in [0.2, 0.25) is 0 Å². The Morgan fingerprint density at radius 3 is 3.12 bits per heavy atom. The molecule has 3 aromatic rings. The second-order valence-electron chi connectivity index (χ2n) is 6.22. The molecule has 1 aliphatic rings. The number of morpholine rings is 1. The van der Waals surface area contributed by atoms with Crippen LogP contribution in [-0.2, 0) is 4.74 Å². The van der Waals surface area contributed by atoms with Crippen molar-refractivity contribution in [3.8, 4) is 0 Å². The quantitative estimate of drug-likeness (QED) is 0.682. The SMILES string of the molecule is O=C(c1ccc2[nH]c(=S)oc2c1)N1CCOC[C@@H]1C[C@H](O)c1ccco1. The second kappa shape index (κ2) is 7.06. The van der Waals surface area contributed by atoms with Crippen LogP contribution in [0.5, 0.6) is 0 Å². The van der Waals surface area contributed by atoms with Crippen molar-refractivity contribution in [2.45, 2.75) is 18.6 Å². The maximum absolute atomic E-state index is 13.0. The van der Waals surface area contributed by atoms with Crippen LogP contribution in [0, 0.1) is 4.84 Å². The van der Waals surface area contributed by atoms with E-state index in [1.165, 1.54) is 6.26 Å². The maximum Gasteiger partial charge on any atom is 0.266 e. The maximum atomic E-state index is 13.0. The van der Waals surface area contributed by atoms with Gasteiger partial charge in [-0.2, -0.15) is 0 Å². The third-order valence-corrected chi connectivity index (χ3v) is 4.71. The molecular weight excluding hydrogens is 356 g/mol. The predicted molar refractivity (Wildman–Crippen MR) is 95.3 cm³/mol. The van der Waals surface area contributed by atoms with Gasteiger partial charge in [-0.05, 0) is 42.5 Å². The summed E-state index contributed by atoms with van der Waals surface area (Å²) in [5, 5.41) is 10.4. The topological polar surface area (TPSA) is 91.8 Å². The molecule has 136 valence electrons. The molecule has 2 aromatic heterocycles. The normalized spacial score (nSPS) is 19.0. The van der Waals surface area contributed by atoms with Gasteiger partial charge in [0.15, 0.2) is 5.58 Å². The smallest absolute Gasteiger partial charge is 0.266 e. The zero-order valence-corrected chi connectivity index (χ0v) is 14.7. The second-order valence-corrected chi connectivity index (χ2v) is 6.59. The summed E-state index contributed by atoms with van der Waals surface area (Å²) in [4.78, 5) is 17.9. The van der Waals surface area contributed by atoms with Crippen molar-refractivity contribution in [3.63, 3.8) is 0 Å². The standard InChI is InChI=1S/C18H18N2O5S/c21-14(15-2-1-6-24-15)9-12-10-23-7-5-20(12)17(22)11-3-4-13-16(8-11)25-18(26)19-13/h1-4,6,8,12,14,21H,5,7,9-10H2,(H,19,26)/t12-,14-/m0/s1. The summed E-state index contributed by atoms with van der Waals surface area (Å²) >= 11 is 4.98. The van der Waals surface area contributed by atoms with Gasteiger partial charge in [0.25, 0.3) is 10.7 Å². The van der Waals surface area contributed by atoms with Gasteiger partial charge in [0.1, 0.15) is 11.9 Å². The number of amides is 1. The van der Waals surface area contributed by atoms with Gasteiger partial charge < -0.3 is 28.6 Å². The molecule has 0 bridgehead atoms. The fourth-order valence-corrected chi connectivity index (χ4v) is 3.42. The van der Waals surface area contributed by atoms with Crippen LogP contribution in [0.1, 0.15) is 28.6 Å². The molecule has 1 fully saturated rings. The van der Waals surface area contributed by atoms with Crippen LogP contribution in [0.3, 0.4) is 0 Å². The fraction of sp³-hybridized carbons (Fsp3) is 0.333. The molecular formula is C18H18N2O5S. The molecule has 3 heterocycles. The summed E-state index contributed by atoms with van der Waals surface area (Å²) in [7, 11) is 0. The van der Waals surface area contributed by atoms with E-state index >= 15 is 0 Å². The number of benzene rings is 1. The van der Waals surface area contributed by atoms with Crippen molar-refractivity contribution in [1.82, 2.24) is 9.88 Å². The predicted octanol–water partition coefficient (Wildman–Crippen LogP) is 3.05. The summed E-state index contributed by atoms with van der Waals surface area (Å²) < 4.78 is 16.2. The van der Waals surface area contributed by atoms with Gasteiger partial charge in [-0.1, -0.05) is 0 Å². The number of carbonyl (C=O) groups is 1. The summed E-state index contributed by atoms with van der Waals surface area (Å²) in [5.41, 5.74) is 1.80. The van der Waals surface area contributed by atoms with Crippen LogP contribution in [-0.4, -0.2) is 46.7 Å². The van der Waals surface area contributed by atoms with E-state index in [1.54, 1.807) is 35.2 Å². The van der Waals surface area contributed by atoms with Gasteiger partial charge in [0.2, 0.25) is 0 Å². The van der Waals surface area contributed by atoms with E-state index < -0.39 is 6.10 Å². The lowest BCUT2D eigenvalue weighted by Crippen LogP contribution is -2.49. The lowest BCUT2D eigenvalue weighted by molar-refractivity contribution is -0.0195. The zero-order chi connectivity index (χ0) is 18.1. The van der Waals surface area contributed by atoms with E-state index in [9.17, 15) is 9.90 Å². The van der Waals surface area contributed by atoms with Crippen LogP contribution < -0.4 is 0 Å². The molecule has 0 aliphatic carbocycles. The Morgan fingerprint density at radius 2 is 2.31 bits per heavy atom. The number of hydrogen-bond acceptors (Lipinski definition) is 6. The molecule has 1 saturated heterocycles. The molecule has 1 aliphatic heterocycles. The summed E-state index contributed by atoms with van der Waals surface area (Å²) in [6.07, 6.45) is 1.06. The number of aliphatic hydroxyl groups excluding tert-OH is 1. The Bertz CT molecular complexity index is 962. The first kappa shape index (κ1) is 17.0. The Labute approximate surface area is 154 Å². The van der Waals surface area contributed by atoms with Crippen molar-refractivity contribution in [3.05, 3.63) is 52.8 Å². The lowest BCUT2D eigenvalue weighted by Gasteiger charge is -2.36. The number of aromatic amines is 1. The highest BCUT2D eigenvalue weighted by molar-refractivity contribution is 7.71. The highest BCUT2D eigenvalue weighted by Crippen LogP contribution is 2.25.